The minimum absolute atomic E-state index is 0.162. The van der Waals surface area contributed by atoms with Crippen LogP contribution in [0.1, 0.15) is 43.0 Å². The van der Waals surface area contributed by atoms with E-state index in [1.165, 1.54) is 0 Å². The molecular formula is C30H35BrN2O3. The van der Waals surface area contributed by atoms with Gasteiger partial charge in [0.15, 0.2) is 6.61 Å². The number of nitrogens with zero attached hydrogens (tertiary/aromatic N) is 1. The molecule has 0 heterocycles. The van der Waals surface area contributed by atoms with Crippen molar-refractivity contribution in [3.8, 4) is 5.75 Å². The van der Waals surface area contributed by atoms with E-state index in [-0.39, 0.29) is 25.0 Å². The summed E-state index contributed by atoms with van der Waals surface area (Å²) in [6.45, 7) is 9.92. The summed E-state index contributed by atoms with van der Waals surface area (Å²) in [6, 6.07) is 22.7. The molecule has 2 amide bonds. The number of halogens is 1. The second-order valence-electron chi connectivity index (χ2n) is 10.2. The molecule has 0 fully saturated rings. The molecule has 0 saturated heterocycles. The lowest BCUT2D eigenvalue weighted by Gasteiger charge is -2.33. The van der Waals surface area contributed by atoms with Gasteiger partial charge in [0.2, 0.25) is 5.91 Å². The number of aryl methyl sites for hydroxylation is 2. The van der Waals surface area contributed by atoms with E-state index in [9.17, 15) is 9.59 Å². The number of hydrogen-bond donors (Lipinski definition) is 1. The van der Waals surface area contributed by atoms with Gasteiger partial charge in [0.25, 0.3) is 5.91 Å². The Bertz CT molecular complexity index is 1170. The van der Waals surface area contributed by atoms with E-state index in [1.807, 2.05) is 101 Å². The molecule has 0 aliphatic rings. The first-order chi connectivity index (χ1) is 17.0. The molecule has 0 radical (unpaired) electrons. The maximum Gasteiger partial charge on any atom is 0.261 e. The Morgan fingerprint density at radius 2 is 1.56 bits per heavy atom. The van der Waals surface area contributed by atoms with Gasteiger partial charge in [-0.3, -0.25) is 9.59 Å². The molecule has 3 aromatic carbocycles. The standard InChI is InChI=1S/C30H35BrN2O3/c1-21-14-22(2)16-26(15-21)36-20-28(34)33(19-24-12-9-13-25(31)17-24)27(29(35)32-30(3,4)5)18-23-10-7-6-8-11-23/h6-17,27H,18-20H2,1-5H3,(H,32,35). The van der Waals surface area contributed by atoms with Crippen molar-refractivity contribution < 1.29 is 14.3 Å². The minimum atomic E-state index is -0.707. The Morgan fingerprint density at radius 1 is 0.917 bits per heavy atom. The molecule has 1 unspecified atom stereocenters. The van der Waals surface area contributed by atoms with Crippen LogP contribution in [0, 0.1) is 13.8 Å². The molecule has 3 aromatic rings. The van der Waals surface area contributed by atoms with Crippen LogP contribution in [0.3, 0.4) is 0 Å². The molecule has 3 rings (SSSR count). The zero-order chi connectivity index (χ0) is 26.3. The highest BCUT2D eigenvalue weighted by atomic mass is 79.9. The third kappa shape index (κ3) is 8.52. The Balaban J connectivity index is 1.94. The van der Waals surface area contributed by atoms with Gasteiger partial charge in [-0.2, -0.15) is 0 Å². The maximum atomic E-state index is 13.7. The highest BCUT2D eigenvalue weighted by Crippen LogP contribution is 2.20. The lowest BCUT2D eigenvalue weighted by atomic mass is 10.0. The van der Waals surface area contributed by atoms with E-state index >= 15 is 0 Å². The number of rotatable bonds is 9. The number of hydrogen-bond acceptors (Lipinski definition) is 3. The van der Waals surface area contributed by atoms with E-state index in [4.69, 9.17) is 4.74 Å². The summed E-state index contributed by atoms with van der Waals surface area (Å²) in [5.41, 5.74) is 3.59. The van der Waals surface area contributed by atoms with Crippen LogP contribution in [-0.2, 0) is 22.6 Å². The summed E-state index contributed by atoms with van der Waals surface area (Å²) >= 11 is 3.52. The van der Waals surface area contributed by atoms with Crippen molar-refractivity contribution in [1.29, 1.82) is 0 Å². The normalized spacial score (nSPS) is 12.1. The van der Waals surface area contributed by atoms with Crippen molar-refractivity contribution in [3.63, 3.8) is 0 Å². The second kappa shape index (κ2) is 12.2. The zero-order valence-corrected chi connectivity index (χ0v) is 23.3. The number of benzene rings is 3. The summed E-state index contributed by atoms with van der Waals surface area (Å²) in [5.74, 6) is 0.197. The van der Waals surface area contributed by atoms with Crippen molar-refractivity contribution in [2.24, 2.45) is 0 Å². The Labute approximate surface area is 223 Å². The lowest BCUT2D eigenvalue weighted by Crippen LogP contribution is -2.55. The molecule has 1 atom stereocenters. The van der Waals surface area contributed by atoms with Crippen LogP contribution in [-0.4, -0.2) is 34.9 Å². The third-order valence-electron chi connectivity index (χ3n) is 5.57. The van der Waals surface area contributed by atoms with Crippen molar-refractivity contribution in [3.05, 3.63) is 99.5 Å². The fourth-order valence-corrected chi connectivity index (χ4v) is 4.53. The van der Waals surface area contributed by atoms with Crippen LogP contribution >= 0.6 is 15.9 Å². The van der Waals surface area contributed by atoms with Crippen LogP contribution in [0.15, 0.2) is 77.3 Å². The average Bonchev–Trinajstić information content (AvgIpc) is 2.79. The number of carbonyl (C=O) groups excluding carboxylic acids is 2. The maximum absolute atomic E-state index is 13.7. The molecule has 0 aliphatic carbocycles. The van der Waals surface area contributed by atoms with E-state index in [0.29, 0.717) is 12.2 Å². The SMILES string of the molecule is Cc1cc(C)cc(OCC(=O)N(Cc2cccc(Br)c2)C(Cc2ccccc2)C(=O)NC(C)(C)C)c1. The molecule has 0 aromatic heterocycles. The summed E-state index contributed by atoms with van der Waals surface area (Å²) < 4.78 is 6.84. The smallest absolute Gasteiger partial charge is 0.261 e. The average molecular weight is 552 g/mol. The molecule has 190 valence electrons. The van der Waals surface area contributed by atoms with E-state index in [1.54, 1.807) is 4.90 Å². The van der Waals surface area contributed by atoms with Gasteiger partial charge < -0.3 is 15.0 Å². The Hall–Kier alpha value is -3.12. The van der Waals surface area contributed by atoms with Crippen LogP contribution in [0.5, 0.6) is 5.75 Å². The molecule has 1 N–H and O–H groups in total. The second-order valence-corrected chi connectivity index (χ2v) is 11.1. The van der Waals surface area contributed by atoms with Crippen LogP contribution in [0.4, 0.5) is 0 Å². The van der Waals surface area contributed by atoms with Crippen molar-refractivity contribution in [2.45, 2.75) is 59.2 Å². The van der Waals surface area contributed by atoms with Gasteiger partial charge in [-0.25, -0.2) is 0 Å². The summed E-state index contributed by atoms with van der Waals surface area (Å²) in [7, 11) is 0. The monoisotopic (exact) mass is 550 g/mol. The van der Waals surface area contributed by atoms with Gasteiger partial charge in [0.1, 0.15) is 11.8 Å². The first-order valence-electron chi connectivity index (χ1n) is 12.1. The molecule has 6 heteroatoms. The number of ether oxygens (including phenoxy) is 1. The predicted octanol–water partition coefficient (Wildman–Crippen LogP) is 6.00. The highest BCUT2D eigenvalue weighted by molar-refractivity contribution is 9.10. The van der Waals surface area contributed by atoms with Crippen LogP contribution < -0.4 is 10.1 Å². The van der Waals surface area contributed by atoms with Crippen molar-refractivity contribution in [2.75, 3.05) is 6.61 Å². The van der Waals surface area contributed by atoms with Crippen molar-refractivity contribution in [1.82, 2.24) is 10.2 Å². The van der Waals surface area contributed by atoms with Gasteiger partial charge in [0.05, 0.1) is 0 Å². The Morgan fingerprint density at radius 3 is 2.17 bits per heavy atom. The molecular weight excluding hydrogens is 516 g/mol. The molecule has 36 heavy (non-hydrogen) atoms. The lowest BCUT2D eigenvalue weighted by molar-refractivity contribution is -0.143. The number of amides is 2. The largest absolute Gasteiger partial charge is 0.484 e. The van der Waals surface area contributed by atoms with Crippen molar-refractivity contribution >= 4 is 27.7 Å². The molecule has 0 aliphatic heterocycles. The van der Waals surface area contributed by atoms with Gasteiger partial charge in [-0.1, -0.05) is 64.5 Å². The first-order valence-corrected chi connectivity index (χ1v) is 12.9. The molecule has 0 spiro atoms. The third-order valence-corrected chi connectivity index (χ3v) is 6.06. The fraction of sp³-hybridized carbons (Fsp3) is 0.333. The summed E-state index contributed by atoms with van der Waals surface area (Å²) in [4.78, 5) is 28.9. The quantitative estimate of drug-likeness (QED) is 0.355. The van der Waals surface area contributed by atoms with Gasteiger partial charge in [0, 0.05) is 23.0 Å². The molecule has 5 nitrogen and oxygen atoms in total. The van der Waals surface area contributed by atoms with Gasteiger partial charge >= 0.3 is 0 Å². The predicted molar refractivity (Wildman–Crippen MR) is 148 cm³/mol. The van der Waals surface area contributed by atoms with Gasteiger partial charge in [-0.05, 0) is 81.1 Å². The van der Waals surface area contributed by atoms with E-state index < -0.39 is 11.6 Å². The summed E-state index contributed by atoms with van der Waals surface area (Å²) in [5, 5.41) is 3.08. The topological polar surface area (TPSA) is 58.6 Å². The summed E-state index contributed by atoms with van der Waals surface area (Å²) in [6.07, 6.45) is 0.395. The minimum Gasteiger partial charge on any atom is -0.484 e. The van der Waals surface area contributed by atoms with Gasteiger partial charge in [-0.15, -0.1) is 0 Å². The Kier molecular flexibility index (Phi) is 9.32. The van der Waals surface area contributed by atoms with Crippen LogP contribution in [0.25, 0.3) is 0 Å². The molecule has 0 saturated carbocycles. The molecule has 0 bridgehead atoms. The number of nitrogens with one attached hydrogen (secondary N) is 1. The fourth-order valence-electron chi connectivity index (χ4n) is 4.08. The zero-order valence-electron chi connectivity index (χ0n) is 21.7. The first kappa shape index (κ1) is 27.5. The van der Waals surface area contributed by atoms with E-state index in [0.717, 1.165) is 26.7 Å². The highest BCUT2D eigenvalue weighted by Gasteiger charge is 2.32. The van der Waals surface area contributed by atoms with Crippen LogP contribution in [0.2, 0.25) is 0 Å². The number of carbonyl (C=O) groups is 2. The van der Waals surface area contributed by atoms with E-state index in [2.05, 4.69) is 27.3 Å².